The molecule has 2 aromatic rings. The molecule has 4 aliphatic heterocycles. The molecule has 0 unspecified atom stereocenters. The summed E-state index contributed by atoms with van der Waals surface area (Å²) < 4.78 is 22.4. The third kappa shape index (κ3) is 2.63. The second-order valence-corrected chi connectivity index (χ2v) is 10.4. The van der Waals surface area contributed by atoms with Crippen molar-refractivity contribution in [2.24, 2.45) is 0 Å². The van der Waals surface area contributed by atoms with Crippen LogP contribution in [0.25, 0.3) is 0 Å². The summed E-state index contributed by atoms with van der Waals surface area (Å²) in [6.45, 7) is 8.09. The van der Waals surface area contributed by atoms with Crippen LogP contribution in [0.15, 0.2) is 24.3 Å². The van der Waals surface area contributed by atoms with Crippen molar-refractivity contribution in [3.8, 4) is 11.5 Å². The molecule has 0 atom stereocenters. The topological polar surface area (TPSA) is 105 Å². The lowest BCUT2D eigenvalue weighted by Gasteiger charge is -2.51. The highest BCUT2D eigenvalue weighted by atomic mass is 16.7. The zero-order valence-electron chi connectivity index (χ0n) is 18.5. The van der Waals surface area contributed by atoms with Crippen LogP contribution in [0.5, 0.6) is 11.5 Å². The first-order chi connectivity index (χ1) is 15.4. The van der Waals surface area contributed by atoms with Gasteiger partial charge in [-0.1, -0.05) is 27.7 Å². The zero-order chi connectivity index (χ0) is 23.5. The number of fused-ring (bicyclic) bond motifs is 4. The smallest absolute Gasteiger partial charge is 0.347 e. The summed E-state index contributed by atoms with van der Waals surface area (Å²) in [5.41, 5.74) is 1.45. The lowest BCUT2D eigenvalue weighted by atomic mass is 9.68. The van der Waals surface area contributed by atoms with E-state index >= 15 is 0 Å². The van der Waals surface area contributed by atoms with Gasteiger partial charge in [0.25, 0.3) is 5.79 Å². The van der Waals surface area contributed by atoms with Crippen LogP contribution in [-0.4, -0.2) is 29.7 Å². The highest BCUT2D eigenvalue weighted by molar-refractivity contribution is 6.15. The molecule has 0 amide bonds. The molecular formula is C25H20O8. The molecule has 8 heteroatoms. The van der Waals surface area contributed by atoms with Gasteiger partial charge in [-0.3, -0.25) is 0 Å². The van der Waals surface area contributed by atoms with Gasteiger partial charge in [0.15, 0.2) is 0 Å². The molecule has 0 saturated heterocycles. The van der Waals surface area contributed by atoms with E-state index in [1.807, 2.05) is 27.7 Å². The lowest BCUT2D eigenvalue weighted by molar-refractivity contribution is -0.166. The van der Waals surface area contributed by atoms with Crippen molar-refractivity contribution in [1.82, 2.24) is 0 Å². The Labute approximate surface area is 188 Å². The van der Waals surface area contributed by atoms with Crippen molar-refractivity contribution < 1.29 is 38.1 Å². The Morgan fingerprint density at radius 3 is 1.27 bits per heavy atom. The van der Waals surface area contributed by atoms with E-state index in [0.29, 0.717) is 24.3 Å². The van der Waals surface area contributed by atoms with E-state index in [1.54, 1.807) is 24.3 Å². The summed E-state index contributed by atoms with van der Waals surface area (Å²) in [5.74, 6) is -2.91. The fourth-order valence-electron chi connectivity index (χ4n) is 5.62. The minimum absolute atomic E-state index is 0.168. The van der Waals surface area contributed by atoms with Crippen LogP contribution in [-0.2, 0) is 20.3 Å². The summed E-state index contributed by atoms with van der Waals surface area (Å²) >= 11 is 0. The van der Waals surface area contributed by atoms with E-state index in [-0.39, 0.29) is 22.3 Å². The third-order valence-corrected chi connectivity index (χ3v) is 6.96. The molecule has 0 radical (unpaired) electrons. The van der Waals surface area contributed by atoms with Crippen LogP contribution >= 0.6 is 0 Å². The minimum Gasteiger partial charge on any atom is -0.452 e. The van der Waals surface area contributed by atoms with Crippen LogP contribution in [0.1, 0.15) is 93.1 Å². The molecule has 0 bridgehead atoms. The molecule has 4 aliphatic rings. The largest absolute Gasteiger partial charge is 0.452 e. The van der Waals surface area contributed by atoms with E-state index in [2.05, 4.69) is 0 Å². The summed E-state index contributed by atoms with van der Waals surface area (Å²) in [4.78, 5) is 48.4. The maximum Gasteiger partial charge on any atom is 0.347 e. The normalized spacial score (nSPS) is 22.4. The number of carbonyl (C=O) groups is 4. The van der Waals surface area contributed by atoms with Crippen LogP contribution in [0.4, 0.5) is 0 Å². The molecule has 33 heavy (non-hydrogen) atoms. The highest BCUT2D eigenvalue weighted by Crippen LogP contribution is 2.54. The molecule has 0 aromatic heterocycles. The van der Waals surface area contributed by atoms with Crippen molar-refractivity contribution in [1.29, 1.82) is 0 Å². The maximum absolute atomic E-state index is 12.1. The molecule has 0 saturated carbocycles. The summed E-state index contributed by atoms with van der Waals surface area (Å²) in [6.07, 6.45) is 0.913. The standard InChI is InChI=1S/C25H20O8/c1-23(2)9-25(32-17-7-13-11(5-15(17)23)19(26)30-21(13)28)10-24(3,4)16-6-12-14(8-18(16)33-25)22(29)31-20(12)27/h5-8H,9-10H2,1-4H3. The van der Waals surface area contributed by atoms with Crippen LogP contribution < -0.4 is 9.47 Å². The first kappa shape index (κ1) is 20.0. The Kier molecular flexibility index (Phi) is 3.51. The number of rotatable bonds is 0. The van der Waals surface area contributed by atoms with Crippen molar-refractivity contribution in [3.05, 3.63) is 57.6 Å². The summed E-state index contributed by atoms with van der Waals surface area (Å²) in [7, 11) is 0. The Balaban J connectivity index is 1.48. The number of benzene rings is 2. The van der Waals surface area contributed by atoms with Crippen molar-refractivity contribution in [2.45, 2.75) is 57.2 Å². The molecule has 0 N–H and O–H groups in total. The number of cyclic esters (lactones) is 4. The number of ether oxygens (including phenoxy) is 4. The maximum atomic E-state index is 12.1. The molecule has 168 valence electrons. The second-order valence-electron chi connectivity index (χ2n) is 10.4. The summed E-state index contributed by atoms with van der Waals surface area (Å²) in [5, 5.41) is 0. The van der Waals surface area contributed by atoms with Crippen LogP contribution in [0.3, 0.4) is 0 Å². The fourth-order valence-corrected chi connectivity index (χ4v) is 5.62. The van der Waals surface area contributed by atoms with Gasteiger partial charge in [-0.25, -0.2) is 19.2 Å². The molecular weight excluding hydrogens is 428 g/mol. The Morgan fingerprint density at radius 1 is 0.576 bits per heavy atom. The Morgan fingerprint density at radius 2 is 0.909 bits per heavy atom. The first-order valence-electron chi connectivity index (χ1n) is 10.7. The second kappa shape index (κ2) is 5.81. The molecule has 6 rings (SSSR count). The van der Waals surface area contributed by atoms with Gasteiger partial charge in [-0.05, 0) is 24.3 Å². The molecule has 2 aromatic carbocycles. The fraction of sp³-hybridized carbons (Fsp3) is 0.360. The van der Waals surface area contributed by atoms with Crippen molar-refractivity contribution >= 4 is 23.9 Å². The predicted octanol–water partition coefficient (Wildman–Crippen LogP) is 3.82. The van der Waals surface area contributed by atoms with Gasteiger partial charge in [0.05, 0.1) is 22.3 Å². The SMILES string of the molecule is CC1(C)CC2(CC(C)(C)c3cc4c(cc3O2)C(=O)OC4=O)Oc2cc3c(cc21)C(=O)OC3=O. The molecule has 4 heterocycles. The zero-order valence-corrected chi connectivity index (χ0v) is 18.5. The molecule has 0 aliphatic carbocycles. The predicted molar refractivity (Wildman–Crippen MR) is 112 cm³/mol. The Hall–Kier alpha value is -3.68. The van der Waals surface area contributed by atoms with Crippen LogP contribution in [0, 0.1) is 0 Å². The quantitative estimate of drug-likeness (QED) is 0.442. The number of esters is 4. The summed E-state index contributed by atoms with van der Waals surface area (Å²) in [6, 6.07) is 6.43. The van der Waals surface area contributed by atoms with Gasteiger partial charge in [0.2, 0.25) is 0 Å². The number of hydrogen-bond acceptors (Lipinski definition) is 8. The lowest BCUT2D eigenvalue weighted by Crippen LogP contribution is -2.55. The van der Waals surface area contributed by atoms with E-state index in [9.17, 15) is 19.2 Å². The molecule has 1 spiro atoms. The van der Waals surface area contributed by atoms with Crippen LogP contribution in [0.2, 0.25) is 0 Å². The monoisotopic (exact) mass is 448 g/mol. The van der Waals surface area contributed by atoms with Gasteiger partial charge in [0, 0.05) is 34.8 Å². The molecule has 8 nitrogen and oxygen atoms in total. The minimum atomic E-state index is -1.09. The number of carbonyl (C=O) groups excluding carboxylic acids is 4. The number of hydrogen-bond donors (Lipinski definition) is 0. The van der Waals surface area contributed by atoms with E-state index < -0.39 is 40.5 Å². The highest BCUT2D eigenvalue weighted by Gasteiger charge is 2.54. The van der Waals surface area contributed by atoms with E-state index in [0.717, 1.165) is 11.1 Å². The van der Waals surface area contributed by atoms with Gasteiger partial charge >= 0.3 is 23.9 Å². The third-order valence-electron chi connectivity index (χ3n) is 6.96. The van der Waals surface area contributed by atoms with Crippen molar-refractivity contribution in [3.63, 3.8) is 0 Å². The molecule has 0 fully saturated rings. The van der Waals surface area contributed by atoms with E-state index in [1.165, 1.54) is 0 Å². The van der Waals surface area contributed by atoms with Gasteiger partial charge < -0.3 is 18.9 Å². The average Bonchev–Trinajstić information content (AvgIpc) is 3.13. The Bertz CT molecular complexity index is 1240. The van der Waals surface area contributed by atoms with E-state index in [4.69, 9.17) is 18.9 Å². The van der Waals surface area contributed by atoms with Gasteiger partial charge in [-0.15, -0.1) is 0 Å². The first-order valence-corrected chi connectivity index (χ1v) is 10.7. The van der Waals surface area contributed by atoms with Crippen molar-refractivity contribution in [2.75, 3.05) is 0 Å². The van der Waals surface area contributed by atoms with Gasteiger partial charge in [0.1, 0.15) is 11.5 Å². The average molecular weight is 448 g/mol. The van der Waals surface area contributed by atoms with Gasteiger partial charge in [-0.2, -0.15) is 0 Å².